The SMILES string of the molecule is CCCCCCCCCCCCCCCCC(=O)O[C@H](COC(=O)CCCCCCCCC)COC(=O)CCCCCCCCCCCCCCCCCCCCC(C)CC. The highest BCUT2D eigenvalue weighted by Crippen LogP contribution is 2.18. The van der Waals surface area contributed by atoms with E-state index in [4.69, 9.17) is 14.2 Å². The van der Waals surface area contributed by atoms with Crippen LogP contribution in [0.25, 0.3) is 0 Å². The molecule has 0 aliphatic heterocycles. The first-order valence-corrected chi connectivity index (χ1v) is 27.4. The van der Waals surface area contributed by atoms with Gasteiger partial charge in [-0.25, -0.2) is 0 Å². The van der Waals surface area contributed by atoms with Gasteiger partial charge in [-0.3, -0.25) is 14.4 Å². The summed E-state index contributed by atoms with van der Waals surface area (Å²) in [5.41, 5.74) is 0. The molecule has 0 aromatic rings. The van der Waals surface area contributed by atoms with Crippen LogP contribution in [0.2, 0.25) is 0 Å². The average Bonchev–Trinajstić information content (AvgIpc) is 3.26. The van der Waals surface area contributed by atoms with Crippen molar-refractivity contribution < 1.29 is 28.6 Å². The van der Waals surface area contributed by atoms with Crippen LogP contribution >= 0.6 is 0 Å². The molecule has 6 nitrogen and oxygen atoms in total. The number of rotatable bonds is 50. The van der Waals surface area contributed by atoms with Crippen LogP contribution in [-0.2, 0) is 28.6 Å². The van der Waals surface area contributed by atoms with E-state index >= 15 is 0 Å². The summed E-state index contributed by atoms with van der Waals surface area (Å²) in [5, 5.41) is 0. The van der Waals surface area contributed by atoms with E-state index in [0.29, 0.717) is 19.3 Å². The normalized spacial score (nSPS) is 12.4. The molecule has 0 saturated carbocycles. The topological polar surface area (TPSA) is 78.9 Å². The summed E-state index contributed by atoms with van der Waals surface area (Å²) in [6.45, 7) is 9.05. The highest BCUT2D eigenvalue weighted by Gasteiger charge is 2.19. The Morgan fingerprint density at radius 3 is 0.852 bits per heavy atom. The van der Waals surface area contributed by atoms with Crippen molar-refractivity contribution in [2.45, 2.75) is 316 Å². The smallest absolute Gasteiger partial charge is 0.306 e. The van der Waals surface area contributed by atoms with Gasteiger partial charge in [0.05, 0.1) is 0 Å². The number of hydrogen-bond acceptors (Lipinski definition) is 6. The maximum absolute atomic E-state index is 12.8. The van der Waals surface area contributed by atoms with Gasteiger partial charge in [-0.15, -0.1) is 0 Å². The number of esters is 3. The molecule has 362 valence electrons. The fraction of sp³-hybridized carbons (Fsp3) is 0.945. The zero-order valence-electron chi connectivity index (χ0n) is 41.6. The summed E-state index contributed by atoms with van der Waals surface area (Å²) < 4.78 is 16.8. The summed E-state index contributed by atoms with van der Waals surface area (Å²) in [4.78, 5) is 37.8. The Hall–Kier alpha value is -1.59. The van der Waals surface area contributed by atoms with Crippen LogP contribution < -0.4 is 0 Å². The molecule has 0 fully saturated rings. The molecule has 0 rings (SSSR count). The second-order valence-electron chi connectivity index (χ2n) is 19.1. The van der Waals surface area contributed by atoms with Gasteiger partial charge in [-0.2, -0.15) is 0 Å². The molecule has 0 spiro atoms. The first kappa shape index (κ1) is 59.4. The zero-order valence-corrected chi connectivity index (χ0v) is 41.6. The van der Waals surface area contributed by atoms with Crippen LogP contribution in [0, 0.1) is 5.92 Å². The van der Waals surface area contributed by atoms with Gasteiger partial charge in [0, 0.05) is 19.3 Å². The molecule has 0 aliphatic rings. The minimum absolute atomic E-state index is 0.0627. The molecule has 1 unspecified atom stereocenters. The highest BCUT2D eigenvalue weighted by atomic mass is 16.6. The van der Waals surface area contributed by atoms with Crippen molar-refractivity contribution in [2.24, 2.45) is 5.92 Å². The van der Waals surface area contributed by atoms with E-state index in [1.165, 1.54) is 205 Å². The summed E-state index contributed by atoms with van der Waals surface area (Å²) in [7, 11) is 0. The maximum atomic E-state index is 12.8. The fourth-order valence-electron chi connectivity index (χ4n) is 8.36. The van der Waals surface area contributed by atoms with Gasteiger partial charge in [-0.05, 0) is 25.2 Å². The Morgan fingerprint density at radius 1 is 0.328 bits per heavy atom. The fourth-order valence-corrected chi connectivity index (χ4v) is 8.36. The maximum Gasteiger partial charge on any atom is 0.306 e. The van der Waals surface area contributed by atoms with Crippen LogP contribution in [0.5, 0.6) is 0 Å². The predicted molar refractivity (Wildman–Crippen MR) is 261 cm³/mol. The molecule has 0 aromatic carbocycles. The number of ether oxygens (including phenoxy) is 3. The van der Waals surface area contributed by atoms with E-state index in [9.17, 15) is 14.4 Å². The van der Waals surface area contributed by atoms with Crippen molar-refractivity contribution >= 4 is 17.9 Å². The molecule has 0 heterocycles. The largest absolute Gasteiger partial charge is 0.462 e. The third-order valence-electron chi connectivity index (χ3n) is 12.9. The van der Waals surface area contributed by atoms with Crippen LogP contribution in [0.15, 0.2) is 0 Å². The molecule has 6 heteroatoms. The molecule has 61 heavy (non-hydrogen) atoms. The zero-order chi connectivity index (χ0) is 44.5. The number of carbonyl (C=O) groups is 3. The van der Waals surface area contributed by atoms with Gasteiger partial charge >= 0.3 is 17.9 Å². The predicted octanol–water partition coefficient (Wildman–Crippen LogP) is 17.8. The second-order valence-corrected chi connectivity index (χ2v) is 19.1. The molecule has 0 radical (unpaired) electrons. The van der Waals surface area contributed by atoms with Gasteiger partial charge in [0.25, 0.3) is 0 Å². The second kappa shape index (κ2) is 49.4. The molecule has 0 aliphatic carbocycles. The Morgan fingerprint density at radius 2 is 0.574 bits per heavy atom. The molecule has 2 atom stereocenters. The lowest BCUT2D eigenvalue weighted by atomic mass is 9.99. The Bertz CT molecular complexity index is 920. The van der Waals surface area contributed by atoms with Gasteiger partial charge in [0.15, 0.2) is 6.10 Å². The molecular weight excluding hydrogens is 757 g/mol. The monoisotopic (exact) mass is 863 g/mol. The summed E-state index contributed by atoms with van der Waals surface area (Å²) in [6.07, 6.45) is 52.5. The Labute approximate surface area is 380 Å². The Balaban J connectivity index is 4.11. The summed E-state index contributed by atoms with van der Waals surface area (Å²) in [5.74, 6) is 0.0621. The average molecular weight is 863 g/mol. The van der Waals surface area contributed by atoms with E-state index in [1.54, 1.807) is 0 Å². The highest BCUT2D eigenvalue weighted by molar-refractivity contribution is 5.71. The van der Waals surface area contributed by atoms with E-state index in [2.05, 4.69) is 27.7 Å². The van der Waals surface area contributed by atoms with Crippen LogP contribution in [0.4, 0.5) is 0 Å². The van der Waals surface area contributed by atoms with Crippen molar-refractivity contribution in [3.63, 3.8) is 0 Å². The van der Waals surface area contributed by atoms with Crippen molar-refractivity contribution in [3.05, 3.63) is 0 Å². The lowest BCUT2D eigenvalue weighted by Crippen LogP contribution is -2.30. The van der Waals surface area contributed by atoms with Crippen LogP contribution in [0.3, 0.4) is 0 Å². The lowest BCUT2D eigenvalue weighted by Gasteiger charge is -2.18. The van der Waals surface area contributed by atoms with Crippen molar-refractivity contribution in [1.82, 2.24) is 0 Å². The number of carbonyl (C=O) groups excluding carboxylic acids is 3. The molecule has 0 saturated heterocycles. The molecular formula is C55H106O6. The standard InChI is InChI=1S/C55H106O6/c1-5-8-10-12-14-15-16-17-25-29-32-36-40-44-48-55(58)61-52(49-59-53(56)46-42-38-33-13-11-9-6-2)50-60-54(57)47-43-39-35-31-28-26-23-21-19-18-20-22-24-27-30-34-37-41-45-51(4)7-3/h51-52H,5-50H2,1-4H3/t51?,52-/m1/s1. The van der Waals surface area contributed by atoms with Crippen molar-refractivity contribution in [3.8, 4) is 0 Å². The Kier molecular flexibility index (Phi) is 48.1. The first-order chi connectivity index (χ1) is 29.9. The molecule has 0 bridgehead atoms. The van der Waals surface area contributed by atoms with Gasteiger partial charge in [0.1, 0.15) is 13.2 Å². The van der Waals surface area contributed by atoms with Crippen LogP contribution in [0.1, 0.15) is 310 Å². The molecule has 0 aromatic heterocycles. The van der Waals surface area contributed by atoms with E-state index < -0.39 is 6.10 Å². The van der Waals surface area contributed by atoms with E-state index in [1.807, 2.05) is 0 Å². The first-order valence-electron chi connectivity index (χ1n) is 27.4. The third kappa shape index (κ3) is 47.7. The number of hydrogen-bond donors (Lipinski definition) is 0. The van der Waals surface area contributed by atoms with Crippen molar-refractivity contribution in [2.75, 3.05) is 13.2 Å². The van der Waals surface area contributed by atoms with E-state index in [-0.39, 0.29) is 31.1 Å². The molecule has 0 amide bonds. The third-order valence-corrected chi connectivity index (χ3v) is 12.9. The lowest BCUT2D eigenvalue weighted by molar-refractivity contribution is -0.167. The van der Waals surface area contributed by atoms with Gasteiger partial charge < -0.3 is 14.2 Å². The summed E-state index contributed by atoms with van der Waals surface area (Å²) in [6, 6.07) is 0. The van der Waals surface area contributed by atoms with Gasteiger partial charge in [0.2, 0.25) is 0 Å². The molecule has 0 N–H and O–H groups in total. The van der Waals surface area contributed by atoms with Gasteiger partial charge in [-0.1, -0.05) is 272 Å². The van der Waals surface area contributed by atoms with E-state index in [0.717, 1.165) is 63.7 Å². The minimum Gasteiger partial charge on any atom is -0.462 e. The summed E-state index contributed by atoms with van der Waals surface area (Å²) >= 11 is 0. The number of unbranched alkanes of at least 4 members (excludes halogenated alkanes) is 36. The van der Waals surface area contributed by atoms with Crippen LogP contribution in [-0.4, -0.2) is 37.2 Å². The van der Waals surface area contributed by atoms with Crippen molar-refractivity contribution in [1.29, 1.82) is 0 Å². The minimum atomic E-state index is -0.759. The quantitative estimate of drug-likeness (QED) is 0.0344.